The number of nitrogens with one attached hydrogen (secondary N) is 1. The zero-order valence-corrected chi connectivity index (χ0v) is 20.6. The molecule has 184 valence electrons. The third-order valence-electron chi connectivity index (χ3n) is 6.67. The Bertz CT molecular complexity index is 1430. The number of nitrogens with zero attached hydrogens (tertiary/aromatic N) is 5. The number of fused-ring (bicyclic) bond motifs is 1. The van der Waals surface area contributed by atoms with Gasteiger partial charge in [0, 0.05) is 13.1 Å². The zero-order chi connectivity index (χ0) is 25.2. The molecule has 2 aromatic heterocycles. The minimum Gasteiger partial charge on any atom is -0.465 e. The molecular formula is C27H28N6O3. The van der Waals surface area contributed by atoms with E-state index < -0.39 is 5.97 Å². The first-order chi connectivity index (χ1) is 17.5. The first-order valence-electron chi connectivity index (χ1n) is 12.0. The van der Waals surface area contributed by atoms with E-state index in [1.807, 2.05) is 48.9 Å². The van der Waals surface area contributed by atoms with Crippen LogP contribution in [0.3, 0.4) is 0 Å². The normalized spacial score (nSPS) is 15.6. The molecule has 9 nitrogen and oxygen atoms in total. The maximum Gasteiger partial charge on any atom is 0.339 e. The van der Waals surface area contributed by atoms with Crippen LogP contribution in [0.15, 0.2) is 54.6 Å². The van der Waals surface area contributed by atoms with Crippen molar-refractivity contribution in [2.24, 2.45) is 5.92 Å². The van der Waals surface area contributed by atoms with Gasteiger partial charge in [0.15, 0.2) is 5.82 Å². The number of esters is 1. The summed E-state index contributed by atoms with van der Waals surface area (Å²) in [4.78, 5) is 27.4. The van der Waals surface area contributed by atoms with Crippen molar-refractivity contribution >= 4 is 34.3 Å². The first-order valence-corrected chi connectivity index (χ1v) is 12.0. The van der Waals surface area contributed by atoms with Gasteiger partial charge in [-0.25, -0.2) is 9.48 Å². The van der Waals surface area contributed by atoms with Crippen molar-refractivity contribution in [1.29, 1.82) is 0 Å². The second-order valence-electron chi connectivity index (χ2n) is 8.98. The summed E-state index contributed by atoms with van der Waals surface area (Å²) >= 11 is 0. The van der Waals surface area contributed by atoms with Crippen LogP contribution in [-0.4, -0.2) is 52.1 Å². The fourth-order valence-electron chi connectivity index (χ4n) is 4.84. The minimum atomic E-state index is -0.488. The predicted molar refractivity (Wildman–Crippen MR) is 137 cm³/mol. The average molecular weight is 485 g/mol. The van der Waals surface area contributed by atoms with Gasteiger partial charge in [0.2, 0.25) is 5.91 Å². The molecule has 0 unspecified atom stereocenters. The molecule has 0 aliphatic carbocycles. The predicted octanol–water partition coefficient (Wildman–Crippen LogP) is 4.07. The van der Waals surface area contributed by atoms with E-state index in [1.54, 1.807) is 24.3 Å². The van der Waals surface area contributed by atoms with E-state index in [2.05, 4.69) is 20.4 Å². The summed E-state index contributed by atoms with van der Waals surface area (Å²) in [5, 5.41) is 17.8. The molecule has 4 aromatic rings. The van der Waals surface area contributed by atoms with Crippen LogP contribution in [0, 0.1) is 19.8 Å². The van der Waals surface area contributed by atoms with Crippen LogP contribution < -0.4 is 10.2 Å². The van der Waals surface area contributed by atoms with Gasteiger partial charge < -0.3 is 15.0 Å². The number of methoxy groups -OCH3 is 1. The highest BCUT2D eigenvalue weighted by Gasteiger charge is 2.30. The summed E-state index contributed by atoms with van der Waals surface area (Å²) < 4.78 is 6.77. The Hall–Kier alpha value is -4.27. The second-order valence-corrected chi connectivity index (χ2v) is 8.98. The Kier molecular flexibility index (Phi) is 6.37. The van der Waals surface area contributed by atoms with Gasteiger partial charge in [-0.3, -0.25) is 4.79 Å². The quantitative estimate of drug-likeness (QED) is 0.426. The van der Waals surface area contributed by atoms with E-state index in [0.717, 1.165) is 47.4 Å². The molecule has 1 amide bonds. The number of ether oxygens (including phenoxy) is 1. The summed E-state index contributed by atoms with van der Waals surface area (Å²) in [6, 6.07) is 16.8. The molecule has 1 N–H and O–H groups in total. The molecule has 5 rings (SSSR count). The molecule has 9 heteroatoms. The van der Waals surface area contributed by atoms with Crippen LogP contribution >= 0.6 is 0 Å². The van der Waals surface area contributed by atoms with Crippen LogP contribution in [0.25, 0.3) is 16.6 Å². The summed E-state index contributed by atoms with van der Waals surface area (Å²) in [6.07, 6.45) is 1.56. The number of para-hydroxylation sites is 2. The molecule has 1 aliphatic heterocycles. The molecule has 1 aliphatic rings. The maximum atomic E-state index is 13.2. The number of rotatable bonds is 5. The number of amides is 1. The highest BCUT2D eigenvalue weighted by molar-refractivity contribution is 6.02. The van der Waals surface area contributed by atoms with Crippen LogP contribution in [0.4, 0.5) is 11.5 Å². The molecular weight excluding hydrogens is 456 g/mol. The van der Waals surface area contributed by atoms with Crippen molar-refractivity contribution in [3.8, 4) is 5.69 Å². The minimum absolute atomic E-state index is 0.140. The molecule has 0 bridgehead atoms. The number of benzene rings is 2. The largest absolute Gasteiger partial charge is 0.465 e. The van der Waals surface area contributed by atoms with Crippen molar-refractivity contribution < 1.29 is 14.3 Å². The Morgan fingerprint density at radius 1 is 1.03 bits per heavy atom. The van der Waals surface area contributed by atoms with Crippen LogP contribution in [-0.2, 0) is 9.53 Å². The van der Waals surface area contributed by atoms with E-state index in [9.17, 15) is 9.59 Å². The van der Waals surface area contributed by atoms with Gasteiger partial charge in [-0.15, -0.1) is 5.10 Å². The number of aryl methyl sites for hydroxylation is 2. The SMILES string of the molecule is COC(=O)c1ccccc1NC(=O)[C@@H]1CCCN(c2nnc(C)c3c(C)n(-c4ccccc4)nc23)C1. The third-order valence-corrected chi connectivity index (χ3v) is 6.67. The lowest BCUT2D eigenvalue weighted by Gasteiger charge is -2.32. The number of hydrogen-bond donors (Lipinski definition) is 1. The van der Waals surface area contributed by atoms with Gasteiger partial charge in [0.25, 0.3) is 0 Å². The van der Waals surface area contributed by atoms with Crippen molar-refractivity contribution in [3.63, 3.8) is 0 Å². The Labute approximate surface area is 209 Å². The van der Waals surface area contributed by atoms with Crippen LogP contribution in [0.5, 0.6) is 0 Å². The average Bonchev–Trinajstić information content (AvgIpc) is 3.27. The number of carbonyl (C=O) groups is 2. The summed E-state index contributed by atoms with van der Waals surface area (Å²) in [7, 11) is 1.32. The number of hydrogen-bond acceptors (Lipinski definition) is 7. The van der Waals surface area contributed by atoms with Crippen molar-refractivity contribution in [3.05, 3.63) is 71.5 Å². The third kappa shape index (κ3) is 4.28. The Balaban J connectivity index is 1.43. The highest BCUT2D eigenvalue weighted by Crippen LogP contribution is 2.32. The van der Waals surface area contributed by atoms with Gasteiger partial charge in [-0.1, -0.05) is 30.3 Å². The van der Waals surface area contributed by atoms with Gasteiger partial charge in [-0.05, 0) is 51.0 Å². The van der Waals surface area contributed by atoms with Crippen LogP contribution in [0.2, 0.25) is 0 Å². The summed E-state index contributed by atoms with van der Waals surface area (Å²) in [5.74, 6) is -0.225. The second kappa shape index (κ2) is 9.77. The molecule has 1 atom stereocenters. The number of carbonyl (C=O) groups excluding carboxylic acids is 2. The van der Waals surface area contributed by atoms with Crippen molar-refractivity contribution in [2.75, 3.05) is 30.4 Å². The number of piperidine rings is 1. The van der Waals surface area contributed by atoms with E-state index in [4.69, 9.17) is 9.84 Å². The summed E-state index contributed by atoms with van der Waals surface area (Å²) in [6.45, 7) is 5.21. The monoisotopic (exact) mass is 484 g/mol. The van der Waals surface area contributed by atoms with E-state index in [1.165, 1.54) is 7.11 Å². The fraction of sp³-hybridized carbons (Fsp3) is 0.296. The molecule has 0 spiro atoms. The molecule has 0 radical (unpaired) electrons. The first kappa shape index (κ1) is 23.5. The van der Waals surface area contributed by atoms with E-state index in [-0.39, 0.29) is 11.8 Å². The van der Waals surface area contributed by atoms with E-state index >= 15 is 0 Å². The Morgan fingerprint density at radius 2 is 1.78 bits per heavy atom. The number of aromatic nitrogens is 4. The van der Waals surface area contributed by atoms with Crippen LogP contribution in [0.1, 0.15) is 34.6 Å². The lowest BCUT2D eigenvalue weighted by atomic mass is 9.96. The lowest BCUT2D eigenvalue weighted by molar-refractivity contribution is -0.120. The van der Waals surface area contributed by atoms with Gasteiger partial charge in [0.05, 0.1) is 46.7 Å². The topological polar surface area (TPSA) is 102 Å². The number of anilines is 2. The summed E-state index contributed by atoms with van der Waals surface area (Å²) in [5.41, 5.74) is 4.34. The standard InChI is InChI=1S/C27H28N6O3/c1-17-23-18(2)33(20-11-5-4-6-12-20)31-24(23)25(30-29-17)32-15-9-10-19(16-32)26(34)28-22-14-8-7-13-21(22)27(35)36-3/h4-8,11-14,19H,9-10,15-16H2,1-3H3,(H,28,34)/t19-/m1/s1. The molecule has 36 heavy (non-hydrogen) atoms. The van der Waals surface area contributed by atoms with Gasteiger partial charge >= 0.3 is 5.97 Å². The van der Waals surface area contributed by atoms with Gasteiger partial charge in [-0.2, -0.15) is 10.2 Å². The molecule has 1 fully saturated rings. The Morgan fingerprint density at radius 3 is 2.56 bits per heavy atom. The molecule has 1 saturated heterocycles. The lowest BCUT2D eigenvalue weighted by Crippen LogP contribution is -2.41. The molecule has 3 heterocycles. The zero-order valence-electron chi connectivity index (χ0n) is 20.6. The molecule has 0 saturated carbocycles. The van der Waals surface area contributed by atoms with Crippen molar-refractivity contribution in [1.82, 2.24) is 20.0 Å². The van der Waals surface area contributed by atoms with Crippen molar-refractivity contribution in [2.45, 2.75) is 26.7 Å². The highest BCUT2D eigenvalue weighted by atomic mass is 16.5. The van der Waals surface area contributed by atoms with Gasteiger partial charge in [0.1, 0.15) is 5.52 Å². The van der Waals surface area contributed by atoms with E-state index in [0.29, 0.717) is 23.6 Å². The molecule has 2 aromatic carbocycles. The maximum absolute atomic E-state index is 13.2. The smallest absolute Gasteiger partial charge is 0.339 e. The fourth-order valence-corrected chi connectivity index (χ4v) is 4.84.